The first kappa shape index (κ1) is 7.68. The Balaban J connectivity index is 2.44. The molecule has 3 nitrogen and oxygen atoms in total. The molecular formula is C9H13N3. The van der Waals surface area contributed by atoms with Crippen LogP contribution < -0.4 is 5.32 Å². The summed E-state index contributed by atoms with van der Waals surface area (Å²) in [6, 6.07) is 0. The molecule has 0 radical (unpaired) electrons. The number of aromatic nitrogens is 2. The second kappa shape index (κ2) is 3.19. The predicted molar refractivity (Wildman–Crippen MR) is 46.8 cm³/mol. The van der Waals surface area contributed by atoms with E-state index >= 15 is 0 Å². The fraction of sp³-hybridized carbons (Fsp3) is 0.556. The van der Waals surface area contributed by atoms with Gasteiger partial charge in [0, 0.05) is 36.5 Å². The van der Waals surface area contributed by atoms with Crippen LogP contribution in [0.1, 0.15) is 23.9 Å². The lowest BCUT2D eigenvalue weighted by Crippen LogP contribution is -2.26. The maximum atomic E-state index is 4.28. The van der Waals surface area contributed by atoms with Crippen molar-refractivity contribution in [3.8, 4) is 0 Å². The van der Waals surface area contributed by atoms with Crippen molar-refractivity contribution in [2.24, 2.45) is 0 Å². The SMILES string of the molecule is CCc1ncnc2c1CNCC2. The van der Waals surface area contributed by atoms with E-state index < -0.39 is 0 Å². The lowest BCUT2D eigenvalue weighted by molar-refractivity contribution is 0.617. The number of nitrogens with one attached hydrogen (secondary N) is 1. The molecule has 0 saturated carbocycles. The average molecular weight is 163 g/mol. The first-order valence-corrected chi connectivity index (χ1v) is 4.44. The van der Waals surface area contributed by atoms with E-state index in [4.69, 9.17) is 0 Å². The second-order valence-corrected chi connectivity index (χ2v) is 3.03. The Hall–Kier alpha value is -0.960. The Morgan fingerprint density at radius 2 is 2.42 bits per heavy atom. The maximum Gasteiger partial charge on any atom is 0.115 e. The predicted octanol–water partition coefficient (Wildman–Crippen LogP) is 0.685. The highest BCUT2D eigenvalue weighted by Gasteiger charge is 2.12. The zero-order chi connectivity index (χ0) is 8.39. The zero-order valence-corrected chi connectivity index (χ0v) is 7.30. The van der Waals surface area contributed by atoms with Crippen molar-refractivity contribution < 1.29 is 0 Å². The minimum absolute atomic E-state index is 0.944. The smallest absolute Gasteiger partial charge is 0.115 e. The van der Waals surface area contributed by atoms with Crippen LogP contribution in [0.25, 0.3) is 0 Å². The molecule has 0 aliphatic carbocycles. The van der Waals surface area contributed by atoms with E-state index in [-0.39, 0.29) is 0 Å². The van der Waals surface area contributed by atoms with Crippen LogP contribution in [0, 0.1) is 0 Å². The van der Waals surface area contributed by atoms with Gasteiger partial charge in [0.15, 0.2) is 0 Å². The van der Waals surface area contributed by atoms with Gasteiger partial charge in [-0.1, -0.05) is 6.92 Å². The van der Waals surface area contributed by atoms with E-state index in [1.54, 1.807) is 6.33 Å². The molecule has 0 unspecified atom stereocenters. The monoisotopic (exact) mass is 163 g/mol. The summed E-state index contributed by atoms with van der Waals surface area (Å²) in [4.78, 5) is 8.54. The summed E-state index contributed by atoms with van der Waals surface area (Å²) < 4.78 is 0. The van der Waals surface area contributed by atoms with Crippen LogP contribution in [0.4, 0.5) is 0 Å². The Morgan fingerprint density at radius 3 is 3.25 bits per heavy atom. The normalized spacial score (nSPS) is 15.8. The Bertz CT molecular complexity index is 269. The molecule has 0 saturated heterocycles. The van der Waals surface area contributed by atoms with Gasteiger partial charge in [0.2, 0.25) is 0 Å². The van der Waals surface area contributed by atoms with E-state index in [0.29, 0.717) is 0 Å². The standard InChI is InChI=1S/C9H13N3/c1-2-8-7-5-10-4-3-9(7)12-6-11-8/h6,10H,2-5H2,1H3. The summed E-state index contributed by atoms with van der Waals surface area (Å²) in [5.41, 5.74) is 3.76. The van der Waals surface area contributed by atoms with Crippen LogP contribution in [0.5, 0.6) is 0 Å². The van der Waals surface area contributed by atoms with E-state index in [9.17, 15) is 0 Å². The van der Waals surface area contributed by atoms with Crippen molar-refractivity contribution in [1.82, 2.24) is 15.3 Å². The second-order valence-electron chi connectivity index (χ2n) is 3.03. The molecule has 3 heteroatoms. The summed E-state index contributed by atoms with van der Waals surface area (Å²) in [5, 5.41) is 3.34. The Morgan fingerprint density at radius 1 is 1.50 bits per heavy atom. The van der Waals surface area contributed by atoms with Gasteiger partial charge in [-0.3, -0.25) is 0 Å². The number of hydrogen-bond acceptors (Lipinski definition) is 3. The summed E-state index contributed by atoms with van der Waals surface area (Å²) in [5.74, 6) is 0. The van der Waals surface area contributed by atoms with Crippen LogP contribution in [0.2, 0.25) is 0 Å². The van der Waals surface area contributed by atoms with Crippen molar-refractivity contribution in [3.63, 3.8) is 0 Å². The quantitative estimate of drug-likeness (QED) is 0.661. The summed E-state index contributed by atoms with van der Waals surface area (Å²) in [7, 11) is 0. The average Bonchev–Trinajstić information content (AvgIpc) is 2.17. The lowest BCUT2D eigenvalue weighted by Gasteiger charge is -2.17. The van der Waals surface area contributed by atoms with Gasteiger partial charge in [0.25, 0.3) is 0 Å². The molecule has 0 fully saturated rings. The molecule has 2 rings (SSSR count). The number of hydrogen-bond donors (Lipinski definition) is 1. The molecule has 2 heterocycles. The van der Waals surface area contributed by atoms with Crippen molar-refractivity contribution in [3.05, 3.63) is 23.3 Å². The van der Waals surface area contributed by atoms with Gasteiger partial charge in [0.05, 0.1) is 0 Å². The van der Waals surface area contributed by atoms with Gasteiger partial charge in [-0.15, -0.1) is 0 Å². The summed E-state index contributed by atoms with van der Waals surface area (Å²) in [6.07, 6.45) is 3.74. The number of aryl methyl sites for hydroxylation is 1. The molecule has 64 valence electrons. The maximum absolute atomic E-state index is 4.28. The molecule has 0 spiro atoms. The van der Waals surface area contributed by atoms with Gasteiger partial charge in [-0.05, 0) is 6.42 Å². The minimum atomic E-state index is 0.944. The molecule has 1 aromatic heterocycles. The van der Waals surface area contributed by atoms with Gasteiger partial charge >= 0.3 is 0 Å². The highest BCUT2D eigenvalue weighted by atomic mass is 14.9. The fourth-order valence-corrected chi connectivity index (χ4v) is 1.63. The Labute approximate surface area is 72.2 Å². The third kappa shape index (κ3) is 1.20. The number of fused-ring (bicyclic) bond motifs is 1. The van der Waals surface area contributed by atoms with Crippen molar-refractivity contribution in [2.75, 3.05) is 6.54 Å². The molecule has 1 aliphatic rings. The highest BCUT2D eigenvalue weighted by Crippen LogP contribution is 2.13. The zero-order valence-electron chi connectivity index (χ0n) is 7.30. The topological polar surface area (TPSA) is 37.8 Å². The van der Waals surface area contributed by atoms with Crippen LogP contribution in [-0.2, 0) is 19.4 Å². The van der Waals surface area contributed by atoms with Gasteiger partial charge < -0.3 is 5.32 Å². The van der Waals surface area contributed by atoms with Crippen LogP contribution in [0.3, 0.4) is 0 Å². The molecule has 12 heavy (non-hydrogen) atoms. The number of rotatable bonds is 1. The number of nitrogens with zero attached hydrogens (tertiary/aromatic N) is 2. The largest absolute Gasteiger partial charge is 0.312 e. The lowest BCUT2D eigenvalue weighted by atomic mass is 10.0. The summed E-state index contributed by atoms with van der Waals surface area (Å²) >= 11 is 0. The first-order valence-electron chi connectivity index (χ1n) is 4.44. The highest BCUT2D eigenvalue weighted by molar-refractivity contribution is 5.26. The third-order valence-electron chi connectivity index (χ3n) is 2.30. The van der Waals surface area contributed by atoms with Gasteiger partial charge in [0.1, 0.15) is 6.33 Å². The molecule has 1 aromatic rings. The van der Waals surface area contributed by atoms with Crippen LogP contribution in [0.15, 0.2) is 6.33 Å². The summed E-state index contributed by atoms with van der Waals surface area (Å²) in [6.45, 7) is 4.13. The molecule has 1 N–H and O–H groups in total. The van der Waals surface area contributed by atoms with Crippen molar-refractivity contribution in [1.29, 1.82) is 0 Å². The molecule has 0 aromatic carbocycles. The molecule has 0 atom stereocenters. The molecule has 1 aliphatic heterocycles. The molecule has 0 amide bonds. The van der Waals surface area contributed by atoms with Gasteiger partial charge in [-0.2, -0.15) is 0 Å². The van der Waals surface area contributed by atoms with Crippen molar-refractivity contribution in [2.45, 2.75) is 26.3 Å². The van der Waals surface area contributed by atoms with E-state index in [1.165, 1.54) is 17.0 Å². The van der Waals surface area contributed by atoms with E-state index in [1.807, 2.05) is 0 Å². The van der Waals surface area contributed by atoms with E-state index in [2.05, 4.69) is 22.2 Å². The third-order valence-corrected chi connectivity index (χ3v) is 2.30. The van der Waals surface area contributed by atoms with Crippen LogP contribution >= 0.6 is 0 Å². The molecule has 0 bridgehead atoms. The fourth-order valence-electron chi connectivity index (χ4n) is 1.63. The molecular weight excluding hydrogens is 150 g/mol. The first-order chi connectivity index (χ1) is 5.92. The van der Waals surface area contributed by atoms with E-state index in [0.717, 1.165) is 25.9 Å². The minimum Gasteiger partial charge on any atom is -0.312 e. The van der Waals surface area contributed by atoms with Gasteiger partial charge in [-0.25, -0.2) is 9.97 Å². The Kier molecular flexibility index (Phi) is 2.04. The van der Waals surface area contributed by atoms with Crippen molar-refractivity contribution >= 4 is 0 Å². The van der Waals surface area contributed by atoms with Crippen LogP contribution in [-0.4, -0.2) is 16.5 Å².